The first-order valence-electron chi connectivity index (χ1n) is 11.1. The van der Waals surface area contributed by atoms with Crippen LogP contribution in [0.25, 0.3) is 11.1 Å². The average Bonchev–Trinajstić information content (AvgIpc) is 2.84. The van der Waals surface area contributed by atoms with E-state index in [2.05, 4.69) is 41.4 Å². The Balaban J connectivity index is 1.56. The van der Waals surface area contributed by atoms with E-state index in [-0.39, 0.29) is 5.91 Å². The standard InChI is InChI=1S/C26H29N3O2S/c1-3-32-26-24(19(2)17-23(28-26)29-13-15-31-16-14-29)25(30)27-18-21-11-7-8-12-22(21)20-9-5-4-6-10-20/h4-12,17H,3,13-16,18H2,1-2H3,(H,27,30). The van der Waals surface area contributed by atoms with Crippen molar-refractivity contribution in [1.29, 1.82) is 0 Å². The molecule has 3 aromatic rings. The summed E-state index contributed by atoms with van der Waals surface area (Å²) in [6.45, 7) is 7.61. The fourth-order valence-electron chi connectivity index (χ4n) is 3.94. The highest BCUT2D eigenvalue weighted by atomic mass is 32.2. The van der Waals surface area contributed by atoms with E-state index in [0.29, 0.717) is 25.3 Å². The third-order valence-corrected chi connectivity index (χ3v) is 6.41. The second-order valence-electron chi connectivity index (χ2n) is 7.72. The third kappa shape index (κ3) is 5.14. The molecule has 0 spiro atoms. The first-order valence-corrected chi connectivity index (χ1v) is 12.0. The predicted molar refractivity (Wildman–Crippen MR) is 131 cm³/mol. The first kappa shape index (κ1) is 22.4. The third-order valence-electron chi connectivity index (χ3n) is 5.55. The molecule has 0 aliphatic carbocycles. The summed E-state index contributed by atoms with van der Waals surface area (Å²) in [5.74, 6) is 1.70. The van der Waals surface area contributed by atoms with Crippen LogP contribution >= 0.6 is 11.8 Å². The lowest BCUT2D eigenvalue weighted by molar-refractivity contribution is 0.0946. The van der Waals surface area contributed by atoms with Crippen LogP contribution in [0.1, 0.15) is 28.4 Å². The number of nitrogens with zero attached hydrogens (tertiary/aromatic N) is 2. The fraction of sp³-hybridized carbons (Fsp3) is 0.308. The molecule has 1 amide bonds. The average molecular weight is 448 g/mol. The van der Waals surface area contributed by atoms with E-state index in [1.165, 1.54) is 0 Å². The van der Waals surface area contributed by atoms with Crippen LogP contribution in [0.4, 0.5) is 5.82 Å². The van der Waals surface area contributed by atoms with Gasteiger partial charge in [-0.15, -0.1) is 11.8 Å². The predicted octanol–water partition coefficient (Wildman–Crippen LogP) is 4.94. The minimum Gasteiger partial charge on any atom is -0.378 e. The number of thioether (sulfide) groups is 1. The molecule has 0 unspecified atom stereocenters. The van der Waals surface area contributed by atoms with Gasteiger partial charge in [-0.25, -0.2) is 4.98 Å². The van der Waals surface area contributed by atoms with Crippen molar-refractivity contribution in [3.05, 3.63) is 77.4 Å². The maximum Gasteiger partial charge on any atom is 0.254 e. The molecule has 1 N–H and O–H groups in total. The Labute approximate surface area is 194 Å². The monoisotopic (exact) mass is 447 g/mol. The first-order chi connectivity index (χ1) is 15.7. The molecule has 2 aromatic carbocycles. The van der Waals surface area contributed by atoms with Gasteiger partial charge in [0.15, 0.2) is 0 Å². The number of hydrogen-bond acceptors (Lipinski definition) is 5. The van der Waals surface area contributed by atoms with Crippen LogP contribution in [-0.4, -0.2) is 42.9 Å². The molecule has 1 aromatic heterocycles. The van der Waals surface area contributed by atoms with Gasteiger partial charge in [0.25, 0.3) is 5.91 Å². The van der Waals surface area contributed by atoms with Gasteiger partial charge in [0.2, 0.25) is 0 Å². The van der Waals surface area contributed by atoms with Crippen LogP contribution in [0.3, 0.4) is 0 Å². The summed E-state index contributed by atoms with van der Waals surface area (Å²) in [6.07, 6.45) is 0. The number of benzene rings is 2. The zero-order valence-corrected chi connectivity index (χ0v) is 19.5. The van der Waals surface area contributed by atoms with Crippen molar-refractivity contribution < 1.29 is 9.53 Å². The lowest BCUT2D eigenvalue weighted by atomic mass is 9.99. The van der Waals surface area contributed by atoms with Crippen LogP contribution < -0.4 is 10.2 Å². The Kier molecular flexibility index (Phi) is 7.45. The lowest BCUT2D eigenvalue weighted by Crippen LogP contribution is -2.37. The Bertz CT molecular complexity index is 1070. The number of pyridine rings is 1. The molecule has 1 saturated heterocycles. The van der Waals surface area contributed by atoms with Crippen molar-refractivity contribution in [1.82, 2.24) is 10.3 Å². The van der Waals surface area contributed by atoms with Gasteiger partial charge in [0.1, 0.15) is 10.8 Å². The molecule has 0 atom stereocenters. The van der Waals surface area contributed by atoms with Crippen molar-refractivity contribution >= 4 is 23.5 Å². The number of rotatable bonds is 7. The smallest absolute Gasteiger partial charge is 0.254 e. The number of morpholine rings is 1. The molecule has 1 aliphatic rings. The molecule has 0 saturated carbocycles. The van der Waals surface area contributed by atoms with Crippen LogP contribution in [0, 0.1) is 6.92 Å². The molecule has 5 nitrogen and oxygen atoms in total. The molecule has 1 aliphatic heterocycles. The fourth-order valence-corrected chi connectivity index (χ4v) is 4.77. The van der Waals surface area contributed by atoms with Crippen molar-refractivity contribution in [3.63, 3.8) is 0 Å². The van der Waals surface area contributed by atoms with Gasteiger partial charge in [-0.05, 0) is 41.0 Å². The van der Waals surface area contributed by atoms with E-state index >= 15 is 0 Å². The Morgan fingerprint density at radius 1 is 1.09 bits per heavy atom. The topological polar surface area (TPSA) is 54.5 Å². The number of carbonyl (C=O) groups excluding carboxylic acids is 1. The maximum atomic E-state index is 13.3. The van der Waals surface area contributed by atoms with E-state index in [4.69, 9.17) is 9.72 Å². The zero-order valence-electron chi connectivity index (χ0n) is 18.6. The second kappa shape index (κ2) is 10.7. The highest BCUT2D eigenvalue weighted by Gasteiger charge is 2.21. The minimum absolute atomic E-state index is 0.0812. The number of aromatic nitrogens is 1. The molecule has 32 heavy (non-hydrogen) atoms. The molecule has 4 rings (SSSR count). The van der Waals surface area contributed by atoms with Crippen molar-refractivity contribution in [3.8, 4) is 11.1 Å². The number of carbonyl (C=O) groups is 1. The highest BCUT2D eigenvalue weighted by Crippen LogP contribution is 2.28. The zero-order chi connectivity index (χ0) is 22.3. The van der Waals surface area contributed by atoms with Gasteiger partial charge in [-0.3, -0.25) is 4.79 Å². The summed E-state index contributed by atoms with van der Waals surface area (Å²) < 4.78 is 5.47. The highest BCUT2D eigenvalue weighted by molar-refractivity contribution is 7.99. The van der Waals surface area contributed by atoms with Crippen LogP contribution in [0.2, 0.25) is 0 Å². The molecule has 6 heteroatoms. The molecule has 166 valence electrons. The Morgan fingerprint density at radius 2 is 1.81 bits per heavy atom. The van der Waals surface area contributed by atoms with Crippen molar-refractivity contribution in [2.24, 2.45) is 0 Å². The molecule has 1 fully saturated rings. The lowest BCUT2D eigenvalue weighted by Gasteiger charge is -2.29. The Morgan fingerprint density at radius 3 is 2.56 bits per heavy atom. The molecule has 0 bridgehead atoms. The van der Waals surface area contributed by atoms with Crippen LogP contribution in [-0.2, 0) is 11.3 Å². The van der Waals surface area contributed by atoms with Crippen LogP contribution in [0.5, 0.6) is 0 Å². The molecule has 0 radical (unpaired) electrons. The molecular formula is C26H29N3O2S. The molecular weight excluding hydrogens is 418 g/mol. The van der Waals surface area contributed by atoms with Gasteiger partial charge in [0, 0.05) is 19.6 Å². The van der Waals surface area contributed by atoms with E-state index in [1.54, 1.807) is 11.8 Å². The largest absolute Gasteiger partial charge is 0.378 e. The van der Waals surface area contributed by atoms with Gasteiger partial charge in [0.05, 0.1) is 18.8 Å². The second-order valence-corrected chi connectivity index (χ2v) is 8.97. The van der Waals surface area contributed by atoms with Crippen LogP contribution in [0.15, 0.2) is 65.7 Å². The summed E-state index contributed by atoms with van der Waals surface area (Å²) >= 11 is 1.61. The van der Waals surface area contributed by atoms with E-state index in [0.717, 1.165) is 51.9 Å². The number of ether oxygens (including phenoxy) is 1. The van der Waals surface area contributed by atoms with E-state index in [9.17, 15) is 4.79 Å². The van der Waals surface area contributed by atoms with Crippen molar-refractivity contribution in [2.75, 3.05) is 37.0 Å². The summed E-state index contributed by atoms with van der Waals surface area (Å²) in [7, 11) is 0. The number of hydrogen-bond donors (Lipinski definition) is 1. The normalized spacial score (nSPS) is 13.8. The van der Waals surface area contributed by atoms with E-state index in [1.807, 2.05) is 43.3 Å². The number of nitrogens with one attached hydrogen (secondary N) is 1. The van der Waals surface area contributed by atoms with Gasteiger partial charge < -0.3 is 15.0 Å². The van der Waals surface area contributed by atoms with Gasteiger partial charge in [-0.1, -0.05) is 61.5 Å². The number of amides is 1. The summed E-state index contributed by atoms with van der Waals surface area (Å²) in [4.78, 5) is 20.4. The van der Waals surface area contributed by atoms with Gasteiger partial charge in [-0.2, -0.15) is 0 Å². The van der Waals surface area contributed by atoms with Gasteiger partial charge >= 0.3 is 0 Å². The Hall–Kier alpha value is -2.83. The summed E-state index contributed by atoms with van der Waals surface area (Å²) in [6, 6.07) is 20.5. The van der Waals surface area contributed by atoms with Crippen molar-refractivity contribution in [2.45, 2.75) is 25.4 Å². The minimum atomic E-state index is -0.0812. The molecule has 2 heterocycles. The SMILES string of the molecule is CCSc1nc(N2CCOCC2)cc(C)c1C(=O)NCc1ccccc1-c1ccccc1. The summed E-state index contributed by atoms with van der Waals surface area (Å²) in [5, 5.41) is 3.93. The number of aryl methyl sites for hydroxylation is 1. The quantitative estimate of drug-likeness (QED) is 0.520. The maximum absolute atomic E-state index is 13.3. The van der Waals surface area contributed by atoms with E-state index < -0.39 is 0 Å². The summed E-state index contributed by atoms with van der Waals surface area (Å²) in [5.41, 5.74) is 4.99. The number of anilines is 1.